The van der Waals surface area contributed by atoms with Crippen LogP contribution in [0.5, 0.6) is 0 Å². The molecule has 1 aromatic carbocycles. The molecule has 2 aliphatic rings. The summed E-state index contributed by atoms with van der Waals surface area (Å²) < 4.78 is 0. The molecule has 1 atom stereocenters. The third-order valence-electron chi connectivity index (χ3n) is 4.00. The van der Waals surface area contributed by atoms with E-state index in [1.165, 1.54) is 36.4 Å². The van der Waals surface area contributed by atoms with Gasteiger partial charge in [0.1, 0.15) is 0 Å². The smallest absolute Gasteiger partial charge is 0.0635 e. The van der Waals surface area contributed by atoms with Crippen LogP contribution in [0.3, 0.4) is 0 Å². The molecule has 3 heteroatoms. The van der Waals surface area contributed by atoms with E-state index in [0.717, 1.165) is 13.1 Å². The highest BCUT2D eigenvalue weighted by atomic mass is 15.3. The Morgan fingerprint density at radius 2 is 2.18 bits per heavy atom. The number of piperazine rings is 1. The average Bonchev–Trinajstić information content (AvgIpc) is 2.48. The molecule has 0 saturated carbocycles. The third-order valence-corrected chi connectivity index (χ3v) is 4.00. The summed E-state index contributed by atoms with van der Waals surface area (Å²) in [6, 6.07) is 7.26. The fourth-order valence-electron chi connectivity index (χ4n) is 3.11. The van der Waals surface area contributed by atoms with Crippen molar-refractivity contribution in [2.24, 2.45) is 0 Å². The van der Waals surface area contributed by atoms with Crippen LogP contribution in [-0.4, -0.2) is 44.2 Å². The largest absolute Gasteiger partial charge is 0.383 e. The van der Waals surface area contributed by atoms with E-state index in [1.807, 2.05) is 0 Å². The Kier molecular flexibility index (Phi) is 2.71. The van der Waals surface area contributed by atoms with E-state index < -0.39 is 0 Å². The lowest BCUT2D eigenvalue weighted by Crippen LogP contribution is -2.52. The van der Waals surface area contributed by atoms with Gasteiger partial charge >= 0.3 is 0 Å². The topological polar surface area (TPSA) is 18.5 Å². The predicted octanol–water partition coefficient (Wildman–Crippen LogP) is 1.93. The molecule has 0 amide bonds. The summed E-state index contributed by atoms with van der Waals surface area (Å²) in [7, 11) is 2.23. The summed E-state index contributed by atoms with van der Waals surface area (Å²) in [5, 5.41) is 3.58. The van der Waals surface area contributed by atoms with Gasteiger partial charge in [0.15, 0.2) is 0 Å². The van der Waals surface area contributed by atoms with Crippen LogP contribution >= 0.6 is 0 Å². The van der Waals surface area contributed by atoms with Gasteiger partial charge in [-0.25, -0.2) is 0 Å². The minimum absolute atomic E-state index is 0.670. The summed E-state index contributed by atoms with van der Waals surface area (Å²) in [4.78, 5) is 5.06. The van der Waals surface area contributed by atoms with Gasteiger partial charge in [0.2, 0.25) is 0 Å². The van der Waals surface area contributed by atoms with Crippen LogP contribution in [-0.2, 0) is 0 Å². The summed E-state index contributed by atoms with van der Waals surface area (Å²) >= 11 is 0. The van der Waals surface area contributed by atoms with E-state index in [-0.39, 0.29) is 0 Å². The fourth-order valence-corrected chi connectivity index (χ4v) is 3.11. The molecule has 17 heavy (non-hydrogen) atoms. The van der Waals surface area contributed by atoms with Crippen molar-refractivity contribution in [1.29, 1.82) is 0 Å². The van der Waals surface area contributed by atoms with Crippen LogP contribution in [0.4, 0.5) is 11.4 Å². The van der Waals surface area contributed by atoms with Gasteiger partial charge in [-0.3, -0.25) is 0 Å². The van der Waals surface area contributed by atoms with Crippen molar-refractivity contribution < 1.29 is 0 Å². The fraction of sp³-hybridized carbons (Fsp3) is 0.571. The Hall–Kier alpha value is -1.22. The highest BCUT2D eigenvalue weighted by molar-refractivity contribution is 5.75. The van der Waals surface area contributed by atoms with E-state index >= 15 is 0 Å². The summed E-state index contributed by atoms with van der Waals surface area (Å²) in [5.74, 6) is 0. The Bertz CT molecular complexity index is 416. The van der Waals surface area contributed by atoms with E-state index in [2.05, 4.69) is 47.3 Å². The first-order valence-electron chi connectivity index (χ1n) is 6.54. The molecule has 1 N–H and O–H groups in total. The van der Waals surface area contributed by atoms with Gasteiger partial charge in [0.25, 0.3) is 0 Å². The number of nitrogens with one attached hydrogen (secondary N) is 1. The van der Waals surface area contributed by atoms with Crippen LogP contribution in [0.1, 0.15) is 12.0 Å². The lowest BCUT2D eigenvalue weighted by molar-refractivity contribution is 0.264. The van der Waals surface area contributed by atoms with Gasteiger partial charge in [-0.2, -0.15) is 0 Å². The molecule has 3 nitrogen and oxygen atoms in total. The Balaban J connectivity index is 2.01. The van der Waals surface area contributed by atoms with Gasteiger partial charge in [-0.1, -0.05) is 12.1 Å². The molecular weight excluding hydrogens is 210 g/mol. The van der Waals surface area contributed by atoms with Crippen LogP contribution in [0.25, 0.3) is 0 Å². The maximum absolute atomic E-state index is 3.58. The second-order valence-electron chi connectivity index (χ2n) is 5.30. The highest BCUT2D eigenvalue weighted by Gasteiger charge is 2.29. The molecule has 2 aliphatic heterocycles. The van der Waals surface area contributed by atoms with E-state index in [9.17, 15) is 0 Å². The van der Waals surface area contributed by atoms with E-state index in [0.29, 0.717) is 6.04 Å². The highest BCUT2D eigenvalue weighted by Crippen LogP contribution is 2.35. The number of hydrogen-bond acceptors (Lipinski definition) is 3. The molecule has 2 heterocycles. The summed E-state index contributed by atoms with van der Waals surface area (Å²) in [6.07, 6.45) is 1.23. The summed E-state index contributed by atoms with van der Waals surface area (Å²) in [5.41, 5.74) is 4.15. The average molecular weight is 231 g/mol. The quantitative estimate of drug-likeness (QED) is 0.736. The number of benzene rings is 1. The lowest BCUT2D eigenvalue weighted by Gasteiger charge is -2.41. The van der Waals surface area contributed by atoms with Gasteiger partial charge in [0, 0.05) is 32.2 Å². The molecule has 0 spiro atoms. The van der Waals surface area contributed by atoms with E-state index in [4.69, 9.17) is 0 Å². The molecule has 1 unspecified atom stereocenters. The standard InChI is InChI=1S/C14H21N3/c1-11-4-3-5-13-14(11)17-9-8-16(2)10-12(17)6-7-15-13/h3-5,12,15H,6-10H2,1-2H3. The van der Waals surface area contributed by atoms with Crippen molar-refractivity contribution in [1.82, 2.24) is 4.90 Å². The zero-order valence-corrected chi connectivity index (χ0v) is 10.7. The maximum Gasteiger partial charge on any atom is 0.0635 e. The van der Waals surface area contributed by atoms with Gasteiger partial charge in [-0.15, -0.1) is 0 Å². The first-order chi connectivity index (χ1) is 8.25. The molecule has 0 aromatic heterocycles. The molecule has 92 valence electrons. The van der Waals surface area contributed by atoms with Crippen molar-refractivity contribution >= 4 is 11.4 Å². The van der Waals surface area contributed by atoms with Crippen LogP contribution in [0, 0.1) is 6.92 Å². The minimum atomic E-state index is 0.670. The number of aryl methyl sites for hydroxylation is 1. The van der Waals surface area contributed by atoms with Gasteiger partial charge in [0.05, 0.1) is 11.4 Å². The lowest BCUT2D eigenvalue weighted by atomic mass is 10.1. The number of rotatable bonds is 0. The second kappa shape index (κ2) is 4.22. The minimum Gasteiger partial charge on any atom is -0.383 e. The molecule has 0 radical (unpaired) electrons. The SMILES string of the molecule is Cc1cccc2c1N1CCN(C)CC1CCN2. The van der Waals surface area contributed by atoms with Crippen molar-refractivity contribution in [2.45, 2.75) is 19.4 Å². The van der Waals surface area contributed by atoms with Crippen LogP contribution in [0.2, 0.25) is 0 Å². The van der Waals surface area contributed by atoms with Crippen molar-refractivity contribution in [2.75, 3.05) is 43.4 Å². The predicted molar refractivity (Wildman–Crippen MR) is 72.9 cm³/mol. The number of likely N-dealkylation sites (N-methyl/N-ethyl adjacent to an activating group) is 1. The Morgan fingerprint density at radius 3 is 3.06 bits per heavy atom. The zero-order chi connectivity index (χ0) is 11.8. The third kappa shape index (κ3) is 1.89. The second-order valence-corrected chi connectivity index (χ2v) is 5.30. The number of nitrogens with zero attached hydrogens (tertiary/aromatic N) is 2. The Morgan fingerprint density at radius 1 is 1.29 bits per heavy atom. The van der Waals surface area contributed by atoms with E-state index in [1.54, 1.807) is 0 Å². The molecule has 1 fully saturated rings. The molecule has 1 saturated heterocycles. The van der Waals surface area contributed by atoms with Crippen LogP contribution < -0.4 is 10.2 Å². The van der Waals surface area contributed by atoms with Crippen LogP contribution in [0.15, 0.2) is 18.2 Å². The normalized spacial score (nSPS) is 24.6. The summed E-state index contributed by atoms with van der Waals surface area (Å²) in [6.45, 7) is 6.83. The van der Waals surface area contributed by atoms with Crippen molar-refractivity contribution in [3.8, 4) is 0 Å². The molecule has 1 aromatic rings. The molecule has 3 rings (SSSR count). The Labute approximate surface area is 103 Å². The van der Waals surface area contributed by atoms with Crippen molar-refractivity contribution in [3.63, 3.8) is 0 Å². The maximum atomic E-state index is 3.58. The molecular formula is C14H21N3. The number of fused-ring (bicyclic) bond motifs is 3. The van der Waals surface area contributed by atoms with Crippen molar-refractivity contribution in [3.05, 3.63) is 23.8 Å². The molecule has 0 aliphatic carbocycles. The zero-order valence-electron chi connectivity index (χ0n) is 10.7. The monoisotopic (exact) mass is 231 g/mol. The van der Waals surface area contributed by atoms with Gasteiger partial charge < -0.3 is 15.1 Å². The van der Waals surface area contributed by atoms with Gasteiger partial charge in [-0.05, 0) is 32.0 Å². The number of para-hydroxylation sites is 1. The first kappa shape index (κ1) is 10.9. The first-order valence-corrected chi connectivity index (χ1v) is 6.54. The molecule has 0 bridgehead atoms. The number of anilines is 2. The number of hydrogen-bond donors (Lipinski definition) is 1.